The molecule has 0 unspecified atom stereocenters. The van der Waals surface area contributed by atoms with Crippen molar-refractivity contribution in [3.05, 3.63) is 65.0 Å². The molecule has 2 saturated heterocycles. The fourth-order valence-electron chi connectivity index (χ4n) is 4.97. The SMILES string of the molecule is CC(=O)N1CCC(N2CCC[C@@H](c3cccc(Cc4ccc(C(F)(F)F)cc4)n3)C2)CC1. The summed E-state index contributed by atoms with van der Waals surface area (Å²) < 4.78 is 38.4. The predicted molar refractivity (Wildman–Crippen MR) is 117 cm³/mol. The van der Waals surface area contributed by atoms with Crippen molar-refractivity contribution in [2.75, 3.05) is 26.2 Å². The van der Waals surface area contributed by atoms with Crippen molar-refractivity contribution >= 4 is 5.91 Å². The Morgan fingerprint density at radius 2 is 1.75 bits per heavy atom. The topological polar surface area (TPSA) is 36.4 Å². The van der Waals surface area contributed by atoms with E-state index in [1.807, 2.05) is 17.0 Å². The monoisotopic (exact) mass is 445 g/mol. The van der Waals surface area contributed by atoms with Gasteiger partial charge in [0.2, 0.25) is 5.91 Å². The lowest BCUT2D eigenvalue weighted by Gasteiger charge is -2.42. The molecule has 0 bridgehead atoms. The van der Waals surface area contributed by atoms with Gasteiger partial charge >= 0.3 is 6.18 Å². The minimum absolute atomic E-state index is 0.161. The number of piperidine rings is 2. The Balaban J connectivity index is 1.39. The molecule has 2 aliphatic heterocycles. The average molecular weight is 446 g/mol. The first-order valence-electron chi connectivity index (χ1n) is 11.4. The Hall–Kier alpha value is -2.41. The number of rotatable bonds is 4. The normalized spacial score (nSPS) is 21.0. The maximum atomic E-state index is 12.8. The van der Waals surface area contributed by atoms with Crippen LogP contribution in [-0.2, 0) is 17.4 Å². The van der Waals surface area contributed by atoms with E-state index in [2.05, 4.69) is 11.0 Å². The highest BCUT2D eigenvalue weighted by atomic mass is 19.4. The summed E-state index contributed by atoms with van der Waals surface area (Å²) >= 11 is 0. The van der Waals surface area contributed by atoms with Crippen LogP contribution < -0.4 is 0 Å². The molecule has 0 N–H and O–H groups in total. The van der Waals surface area contributed by atoms with Crippen molar-refractivity contribution in [2.45, 2.75) is 57.2 Å². The van der Waals surface area contributed by atoms with Crippen LogP contribution in [0.25, 0.3) is 0 Å². The molecule has 172 valence electrons. The number of hydrogen-bond donors (Lipinski definition) is 0. The van der Waals surface area contributed by atoms with Crippen LogP contribution in [0.5, 0.6) is 0 Å². The number of aromatic nitrogens is 1. The first-order chi connectivity index (χ1) is 15.3. The molecule has 7 heteroatoms. The van der Waals surface area contributed by atoms with Crippen LogP contribution in [0.4, 0.5) is 13.2 Å². The maximum Gasteiger partial charge on any atom is 0.416 e. The molecule has 0 spiro atoms. The summed E-state index contributed by atoms with van der Waals surface area (Å²) in [5, 5.41) is 0. The van der Waals surface area contributed by atoms with E-state index in [-0.39, 0.29) is 5.91 Å². The van der Waals surface area contributed by atoms with E-state index in [1.54, 1.807) is 6.92 Å². The third-order valence-corrected chi connectivity index (χ3v) is 6.79. The van der Waals surface area contributed by atoms with Gasteiger partial charge in [0.1, 0.15) is 0 Å². The smallest absolute Gasteiger partial charge is 0.343 e. The first-order valence-corrected chi connectivity index (χ1v) is 11.4. The molecule has 0 saturated carbocycles. The quantitative estimate of drug-likeness (QED) is 0.673. The Kier molecular flexibility index (Phi) is 6.84. The molecule has 1 amide bonds. The molecule has 0 aliphatic carbocycles. The van der Waals surface area contributed by atoms with Gasteiger partial charge in [-0.3, -0.25) is 14.7 Å². The van der Waals surface area contributed by atoms with Gasteiger partial charge in [-0.05, 0) is 62.1 Å². The highest BCUT2D eigenvalue weighted by molar-refractivity contribution is 5.73. The highest BCUT2D eigenvalue weighted by Crippen LogP contribution is 2.31. The fourth-order valence-corrected chi connectivity index (χ4v) is 4.97. The Morgan fingerprint density at radius 1 is 1.03 bits per heavy atom. The number of amides is 1. The zero-order valence-electron chi connectivity index (χ0n) is 18.4. The van der Waals surface area contributed by atoms with Gasteiger partial charge in [0, 0.05) is 56.3 Å². The molecule has 0 radical (unpaired) electrons. The number of nitrogens with zero attached hydrogens (tertiary/aromatic N) is 3. The lowest BCUT2D eigenvalue weighted by Crippen LogP contribution is -2.49. The van der Waals surface area contributed by atoms with Crippen LogP contribution in [0.2, 0.25) is 0 Å². The number of carbonyl (C=O) groups excluding carboxylic acids is 1. The number of likely N-dealkylation sites (tertiary alicyclic amines) is 2. The second kappa shape index (κ2) is 9.61. The molecule has 1 atom stereocenters. The minimum Gasteiger partial charge on any atom is -0.343 e. The summed E-state index contributed by atoms with van der Waals surface area (Å²) in [7, 11) is 0. The van der Waals surface area contributed by atoms with E-state index >= 15 is 0 Å². The van der Waals surface area contributed by atoms with Crippen LogP contribution >= 0.6 is 0 Å². The van der Waals surface area contributed by atoms with Gasteiger partial charge in [0.05, 0.1) is 5.56 Å². The third-order valence-electron chi connectivity index (χ3n) is 6.79. The largest absolute Gasteiger partial charge is 0.416 e. The molecule has 32 heavy (non-hydrogen) atoms. The summed E-state index contributed by atoms with van der Waals surface area (Å²) in [4.78, 5) is 21.0. The Labute approximate surface area is 187 Å². The van der Waals surface area contributed by atoms with Gasteiger partial charge in [-0.2, -0.15) is 13.2 Å². The van der Waals surface area contributed by atoms with E-state index in [1.165, 1.54) is 12.1 Å². The summed E-state index contributed by atoms with van der Waals surface area (Å²) in [6.07, 6.45) is 0.474. The second-order valence-electron chi connectivity index (χ2n) is 9.00. The molecular weight excluding hydrogens is 415 g/mol. The molecular formula is C25H30F3N3O. The molecule has 3 heterocycles. The summed E-state index contributed by atoms with van der Waals surface area (Å²) in [5.74, 6) is 0.524. The molecule has 4 nitrogen and oxygen atoms in total. The average Bonchev–Trinajstić information content (AvgIpc) is 2.79. The van der Waals surface area contributed by atoms with Crippen molar-refractivity contribution in [2.24, 2.45) is 0 Å². The second-order valence-corrected chi connectivity index (χ2v) is 9.00. The maximum absolute atomic E-state index is 12.8. The number of pyridine rings is 1. The van der Waals surface area contributed by atoms with Crippen LogP contribution in [-0.4, -0.2) is 52.9 Å². The van der Waals surface area contributed by atoms with Gasteiger partial charge in [-0.15, -0.1) is 0 Å². The van der Waals surface area contributed by atoms with Crippen molar-refractivity contribution in [1.29, 1.82) is 0 Å². The molecule has 1 aromatic heterocycles. The number of alkyl halides is 3. The molecule has 2 aliphatic rings. The van der Waals surface area contributed by atoms with Crippen LogP contribution in [0, 0.1) is 0 Å². The van der Waals surface area contributed by atoms with Crippen molar-refractivity contribution in [3.8, 4) is 0 Å². The highest BCUT2D eigenvalue weighted by Gasteiger charge is 2.31. The van der Waals surface area contributed by atoms with Gasteiger partial charge in [0.15, 0.2) is 0 Å². The molecule has 2 fully saturated rings. The molecule has 1 aromatic carbocycles. The van der Waals surface area contributed by atoms with Gasteiger partial charge in [0.25, 0.3) is 0 Å². The number of carbonyl (C=O) groups is 1. The summed E-state index contributed by atoms with van der Waals surface area (Å²) in [6.45, 7) is 5.37. The van der Waals surface area contributed by atoms with Gasteiger partial charge in [-0.25, -0.2) is 0 Å². The molecule has 2 aromatic rings. The minimum atomic E-state index is -4.31. The van der Waals surface area contributed by atoms with Crippen LogP contribution in [0.1, 0.15) is 61.0 Å². The standard InChI is InChI=1S/C25H30F3N3O/c1-18(32)30-14-11-23(12-15-30)31-13-3-4-20(17-31)24-6-2-5-22(29-24)16-19-7-9-21(10-8-19)25(26,27)28/h2,5-10,20,23H,3-4,11-17H2,1H3/t20-/m1/s1. The third kappa shape index (κ3) is 5.49. The predicted octanol–water partition coefficient (Wildman–Crippen LogP) is 4.88. The lowest BCUT2D eigenvalue weighted by molar-refractivity contribution is -0.137. The fraction of sp³-hybridized carbons (Fsp3) is 0.520. The zero-order chi connectivity index (χ0) is 22.7. The summed E-state index contributed by atoms with van der Waals surface area (Å²) in [5.41, 5.74) is 2.15. The Morgan fingerprint density at radius 3 is 2.41 bits per heavy atom. The van der Waals surface area contributed by atoms with E-state index in [0.29, 0.717) is 18.4 Å². The van der Waals surface area contributed by atoms with E-state index in [4.69, 9.17) is 4.98 Å². The van der Waals surface area contributed by atoms with Crippen molar-refractivity contribution in [1.82, 2.24) is 14.8 Å². The lowest BCUT2D eigenvalue weighted by atomic mass is 9.91. The Bertz CT molecular complexity index is 921. The van der Waals surface area contributed by atoms with E-state index < -0.39 is 11.7 Å². The van der Waals surface area contributed by atoms with E-state index in [9.17, 15) is 18.0 Å². The number of benzene rings is 1. The first kappa shape index (κ1) is 22.8. The van der Waals surface area contributed by atoms with Crippen LogP contribution in [0.15, 0.2) is 42.5 Å². The summed E-state index contributed by atoms with van der Waals surface area (Å²) in [6, 6.07) is 11.9. The van der Waals surface area contributed by atoms with Crippen molar-refractivity contribution in [3.63, 3.8) is 0 Å². The van der Waals surface area contributed by atoms with Gasteiger partial charge < -0.3 is 4.90 Å². The number of halogens is 3. The van der Waals surface area contributed by atoms with E-state index in [0.717, 1.165) is 80.9 Å². The van der Waals surface area contributed by atoms with Crippen LogP contribution in [0.3, 0.4) is 0 Å². The van der Waals surface area contributed by atoms with Crippen molar-refractivity contribution < 1.29 is 18.0 Å². The molecule has 4 rings (SSSR count). The van der Waals surface area contributed by atoms with Gasteiger partial charge in [-0.1, -0.05) is 18.2 Å². The zero-order valence-corrected chi connectivity index (χ0v) is 18.4. The number of hydrogen-bond acceptors (Lipinski definition) is 3.